The lowest BCUT2D eigenvalue weighted by Crippen LogP contribution is -2.26. The zero-order valence-corrected chi connectivity index (χ0v) is 18.9. The molecule has 1 heterocycles. The number of fused-ring (bicyclic) bond motifs is 1. The van der Waals surface area contributed by atoms with Crippen molar-refractivity contribution in [2.45, 2.75) is 20.0 Å². The van der Waals surface area contributed by atoms with E-state index in [1.807, 2.05) is 0 Å². The molecule has 0 saturated heterocycles. The Bertz CT molecular complexity index is 1200. The van der Waals surface area contributed by atoms with Crippen LogP contribution >= 0.6 is 0 Å². The Morgan fingerprint density at radius 1 is 1.22 bits per heavy atom. The van der Waals surface area contributed by atoms with Crippen molar-refractivity contribution in [2.75, 3.05) is 30.7 Å². The number of benzene rings is 2. The Morgan fingerprint density at radius 2 is 2.00 bits per heavy atom. The number of hydrogen-bond donors (Lipinski definition) is 3. The maximum absolute atomic E-state index is 11.3. The lowest BCUT2D eigenvalue weighted by atomic mass is 10.1. The Morgan fingerprint density at radius 3 is 2.72 bits per heavy atom. The van der Waals surface area contributed by atoms with Crippen molar-refractivity contribution in [3.05, 3.63) is 53.8 Å². The molecule has 3 N–H and O–H groups in total. The number of carbonyl (C=O) groups is 1. The third-order valence-electron chi connectivity index (χ3n) is 4.49. The third kappa shape index (κ3) is 6.46. The van der Waals surface area contributed by atoms with E-state index >= 15 is 0 Å². The Kier molecular flexibility index (Phi) is 7.39. The molecule has 0 aliphatic rings. The summed E-state index contributed by atoms with van der Waals surface area (Å²) in [5, 5.41) is 14.1. The van der Waals surface area contributed by atoms with Crippen molar-refractivity contribution in [2.24, 2.45) is 0 Å². The van der Waals surface area contributed by atoms with Crippen LogP contribution in [0.2, 0.25) is 0 Å². The Balaban J connectivity index is 1.49. The van der Waals surface area contributed by atoms with Crippen molar-refractivity contribution in [3.8, 4) is 11.5 Å². The summed E-state index contributed by atoms with van der Waals surface area (Å²) in [5.74, 6) is 1.11. The number of aliphatic hydroxyl groups is 1. The highest BCUT2D eigenvalue weighted by Gasteiger charge is 2.15. The van der Waals surface area contributed by atoms with Gasteiger partial charge in [-0.15, -0.1) is 0 Å². The summed E-state index contributed by atoms with van der Waals surface area (Å²) in [4.78, 5) is 11.2. The Hall–Kier alpha value is -3.08. The summed E-state index contributed by atoms with van der Waals surface area (Å²) >= 11 is 0. The van der Waals surface area contributed by atoms with E-state index in [0.717, 1.165) is 6.26 Å². The normalized spacial score (nSPS) is 12.5. The number of rotatable bonds is 10. The van der Waals surface area contributed by atoms with Gasteiger partial charge in [-0.05, 0) is 36.8 Å². The molecule has 3 rings (SSSR count). The number of nitrogens with one attached hydrogen (secondary N) is 2. The highest BCUT2D eigenvalue weighted by molar-refractivity contribution is 7.92. The van der Waals surface area contributed by atoms with Crippen LogP contribution in [0.25, 0.3) is 11.0 Å². The zero-order valence-electron chi connectivity index (χ0n) is 18.0. The summed E-state index contributed by atoms with van der Waals surface area (Å²) in [6.07, 6.45) is 0.264. The number of ether oxygens (including phenoxy) is 2. The first-order chi connectivity index (χ1) is 15.1. The average molecular weight is 463 g/mol. The summed E-state index contributed by atoms with van der Waals surface area (Å²) in [6.45, 7) is 4.16. The van der Waals surface area contributed by atoms with Gasteiger partial charge in [-0.2, -0.15) is 0 Å². The minimum atomic E-state index is -3.38. The van der Waals surface area contributed by atoms with Gasteiger partial charge in [0.15, 0.2) is 5.75 Å². The molecule has 0 bridgehead atoms. The second-order valence-electron chi connectivity index (χ2n) is 7.31. The molecule has 0 spiro atoms. The second-order valence-corrected chi connectivity index (χ2v) is 9.06. The topological polar surface area (TPSA) is 127 Å². The predicted octanol–water partition coefficient (Wildman–Crippen LogP) is 2.74. The van der Waals surface area contributed by atoms with Gasteiger partial charge in [0.1, 0.15) is 23.7 Å². The van der Waals surface area contributed by atoms with Crippen LogP contribution < -0.4 is 19.5 Å². The number of anilines is 1. The standard InChI is InChI=1S/C22H26N2O7S/c1-14-22(31-15(2)25)19-8-7-18(12-21(19)30-14)29-10-9-23-13-20(26)16-5-4-6-17(11-16)24-32(3,27)28/h4-8,11-12,20,23-24,26H,9-10,13H2,1-3H3/t20-/m0/s1. The zero-order chi connectivity index (χ0) is 23.3. The number of aryl methyl sites for hydroxylation is 1. The number of carbonyl (C=O) groups excluding carboxylic acids is 1. The number of sulfonamides is 1. The van der Waals surface area contributed by atoms with Gasteiger partial charge in [0.25, 0.3) is 0 Å². The lowest BCUT2D eigenvalue weighted by molar-refractivity contribution is -0.131. The van der Waals surface area contributed by atoms with Gasteiger partial charge in [-0.25, -0.2) is 8.42 Å². The first kappa shape index (κ1) is 23.6. The number of esters is 1. The highest BCUT2D eigenvalue weighted by Crippen LogP contribution is 2.34. The Labute approximate surface area is 186 Å². The molecule has 10 heteroatoms. The van der Waals surface area contributed by atoms with Crippen molar-refractivity contribution < 1.29 is 32.2 Å². The van der Waals surface area contributed by atoms with E-state index in [4.69, 9.17) is 13.9 Å². The van der Waals surface area contributed by atoms with Gasteiger partial charge in [0.05, 0.1) is 17.7 Å². The van der Waals surface area contributed by atoms with Crippen LogP contribution in [0.15, 0.2) is 46.9 Å². The second kappa shape index (κ2) is 10.0. The molecular weight excluding hydrogens is 436 g/mol. The molecule has 1 aromatic heterocycles. The van der Waals surface area contributed by atoms with E-state index in [9.17, 15) is 18.3 Å². The first-order valence-electron chi connectivity index (χ1n) is 9.93. The fourth-order valence-corrected chi connectivity index (χ4v) is 3.71. The van der Waals surface area contributed by atoms with Crippen molar-refractivity contribution in [1.29, 1.82) is 0 Å². The van der Waals surface area contributed by atoms with E-state index in [1.54, 1.807) is 49.4 Å². The van der Waals surface area contributed by atoms with Crippen LogP contribution in [0.1, 0.15) is 24.4 Å². The first-order valence-corrected chi connectivity index (χ1v) is 11.8. The van der Waals surface area contributed by atoms with Gasteiger partial charge in [0, 0.05) is 31.8 Å². The van der Waals surface area contributed by atoms with Crippen molar-refractivity contribution >= 4 is 32.6 Å². The molecule has 9 nitrogen and oxygen atoms in total. The predicted molar refractivity (Wildman–Crippen MR) is 120 cm³/mol. The van der Waals surface area contributed by atoms with Gasteiger partial charge in [0.2, 0.25) is 10.0 Å². The molecule has 0 fully saturated rings. The molecule has 0 aliphatic carbocycles. The molecule has 0 amide bonds. The van der Waals surface area contributed by atoms with Crippen LogP contribution in [0.5, 0.6) is 11.5 Å². The molecule has 3 aromatic rings. The van der Waals surface area contributed by atoms with Crippen LogP contribution in [0.3, 0.4) is 0 Å². The molecule has 0 aliphatic heterocycles. The summed E-state index contributed by atoms with van der Waals surface area (Å²) in [5.41, 5.74) is 1.55. The van der Waals surface area contributed by atoms with E-state index in [2.05, 4.69) is 10.0 Å². The van der Waals surface area contributed by atoms with Crippen LogP contribution in [-0.4, -0.2) is 45.4 Å². The molecule has 172 valence electrons. The van der Waals surface area contributed by atoms with Crippen molar-refractivity contribution in [3.63, 3.8) is 0 Å². The maximum atomic E-state index is 11.3. The van der Waals surface area contributed by atoms with E-state index in [1.165, 1.54) is 6.92 Å². The fourth-order valence-electron chi connectivity index (χ4n) is 3.16. The van der Waals surface area contributed by atoms with Gasteiger partial charge in [-0.1, -0.05) is 12.1 Å². The fraction of sp³-hybridized carbons (Fsp3) is 0.318. The largest absolute Gasteiger partial charge is 0.492 e. The van der Waals surface area contributed by atoms with E-state index in [0.29, 0.717) is 52.6 Å². The minimum Gasteiger partial charge on any atom is -0.492 e. The van der Waals surface area contributed by atoms with Crippen LogP contribution in [-0.2, 0) is 14.8 Å². The van der Waals surface area contributed by atoms with E-state index in [-0.39, 0.29) is 6.54 Å². The number of aliphatic hydroxyl groups excluding tert-OH is 1. The molecule has 0 radical (unpaired) electrons. The molecule has 1 atom stereocenters. The average Bonchev–Trinajstić information content (AvgIpc) is 3.00. The number of furan rings is 1. The van der Waals surface area contributed by atoms with Gasteiger partial charge >= 0.3 is 5.97 Å². The third-order valence-corrected chi connectivity index (χ3v) is 5.09. The summed E-state index contributed by atoms with van der Waals surface area (Å²) in [7, 11) is -3.38. The smallest absolute Gasteiger partial charge is 0.308 e. The van der Waals surface area contributed by atoms with Gasteiger partial charge < -0.3 is 24.3 Å². The summed E-state index contributed by atoms with van der Waals surface area (Å²) < 4.78 is 41.6. The molecular formula is C22H26N2O7S. The SMILES string of the molecule is CC(=O)Oc1c(C)oc2cc(OCCNC[C@H](O)c3cccc(NS(C)(=O)=O)c3)ccc12. The maximum Gasteiger partial charge on any atom is 0.308 e. The molecule has 0 unspecified atom stereocenters. The molecule has 32 heavy (non-hydrogen) atoms. The van der Waals surface area contributed by atoms with Gasteiger partial charge in [-0.3, -0.25) is 9.52 Å². The quantitative estimate of drug-likeness (QED) is 0.310. The van der Waals surface area contributed by atoms with Crippen molar-refractivity contribution in [1.82, 2.24) is 5.32 Å². The van der Waals surface area contributed by atoms with Crippen LogP contribution in [0, 0.1) is 6.92 Å². The minimum absolute atomic E-state index is 0.272. The van der Waals surface area contributed by atoms with E-state index < -0.39 is 22.1 Å². The summed E-state index contributed by atoms with van der Waals surface area (Å²) in [6, 6.07) is 11.9. The van der Waals surface area contributed by atoms with Crippen LogP contribution in [0.4, 0.5) is 5.69 Å². The lowest BCUT2D eigenvalue weighted by Gasteiger charge is -2.14. The molecule has 0 saturated carbocycles. The number of hydrogen-bond acceptors (Lipinski definition) is 8. The monoisotopic (exact) mass is 462 g/mol. The highest BCUT2D eigenvalue weighted by atomic mass is 32.2. The molecule has 2 aromatic carbocycles.